The van der Waals surface area contributed by atoms with Gasteiger partial charge in [-0.2, -0.15) is 0 Å². The van der Waals surface area contributed by atoms with Crippen LogP contribution in [0, 0.1) is 21.4 Å². The quantitative estimate of drug-likeness (QED) is 0.0662. The minimum atomic E-state index is -4.65. The molecule has 19 heteroatoms. The minimum absolute atomic E-state index is 0.0350. The molecule has 0 unspecified atom stereocenters. The van der Waals surface area contributed by atoms with Gasteiger partial charge in [0.25, 0.3) is 15.9 Å². The number of hydrogen-bond acceptors (Lipinski definition) is 14. The van der Waals surface area contributed by atoms with Crippen molar-refractivity contribution in [1.82, 2.24) is 29.5 Å². The summed E-state index contributed by atoms with van der Waals surface area (Å²) in [5.74, 6) is 1.61. The summed E-state index contributed by atoms with van der Waals surface area (Å²) in [5, 5.41) is 16.2. The van der Waals surface area contributed by atoms with Gasteiger partial charge in [0.15, 0.2) is 0 Å². The number of H-pyrrole nitrogens is 1. The molecule has 11 rings (SSSR count). The number of carbonyl (C=O) groups excluding carboxylic acids is 1. The molecule has 3 saturated carbocycles. The monoisotopic (exact) mass is 1020 g/mol. The zero-order chi connectivity index (χ0) is 49.6. The van der Waals surface area contributed by atoms with Gasteiger partial charge in [0.1, 0.15) is 22.0 Å². The van der Waals surface area contributed by atoms with Crippen molar-refractivity contribution in [2.75, 3.05) is 67.5 Å². The molecule has 0 bridgehead atoms. The highest BCUT2D eigenvalue weighted by Gasteiger charge is 2.50. The molecular weight excluding hydrogens is 953 g/mol. The van der Waals surface area contributed by atoms with Gasteiger partial charge in [-0.05, 0) is 143 Å². The van der Waals surface area contributed by atoms with E-state index in [4.69, 9.17) is 9.10 Å². The molecule has 1 amide bonds. The second-order valence-electron chi connectivity index (χ2n) is 21.2. The lowest BCUT2D eigenvalue weighted by atomic mass is 9.59. The van der Waals surface area contributed by atoms with Crippen LogP contribution in [0.2, 0.25) is 0 Å². The van der Waals surface area contributed by atoms with Crippen LogP contribution in [0.1, 0.15) is 117 Å². The standard InChI is InChI=1S/C53H66N10O7S2/c1-2-60-24-26-71(67,27-25-60)58-39-13-9-36(10-14-39)33-55-51-48(63(65)66)30-43(35-57-51)72(68,69)59-52(64)46-16-15-40(29-49(46)70-42-28-38-17-20-54-50(38)56-34-42)61-22-18-53(19-23-61)31-41(32-53)62-21-5-8-47(62)45-7-4-3-6-44(45)37-11-12-37/h3-4,6-7,15-17,20,28-30,34-37,39,41,47H,2,5,8-14,18-19,21-27,31-33H2,1H3,(H,54,56)(H,55,57)(H,59,64)/t36?,39?,47-/m1/s1. The Bertz CT molecular complexity index is 3060. The highest BCUT2D eigenvalue weighted by atomic mass is 32.2. The summed E-state index contributed by atoms with van der Waals surface area (Å²) in [7, 11) is -6.85. The van der Waals surface area contributed by atoms with Crippen LogP contribution in [0.4, 0.5) is 17.2 Å². The first-order valence-electron chi connectivity index (χ1n) is 26.1. The van der Waals surface area contributed by atoms with Crippen molar-refractivity contribution >= 4 is 53.9 Å². The van der Waals surface area contributed by atoms with Crippen molar-refractivity contribution < 1.29 is 27.1 Å². The lowest BCUT2D eigenvalue weighted by molar-refractivity contribution is -0.384. The molecule has 3 N–H and O–H groups in total. The van der Waals surface area contributed by atoms with E-state index in [0.717, 1.165) is 101 Å². The molecule has 6 heterocycles. The zero-order valence-corrected chi connectivity index (χ0v) is 42.7. The van der Waals surface area contributed by atoms with Gasteiger partial charge in [-0.3, -0.25) is 19.8 Å². The number of amides is 1. The molecule has 5 aromatic rings. The number of piperidine rings is 1. The number of carbonyl (C=O) groups is 1. The summed E-state index contributed by atoms with van der Waals surface area (Å²) in [6.45, 7) is 7.91. The molecule has 3 aromatic heterocycles. The van der Waals surface area contributed by atoms with Gasteiger partial charge in [-0.25, -0.2) is 31.7 Å². The smallest absolute Gasteiger partial charge is 0.312 e. The maximum Gasteiger partial charge on any atom is 0.312 e. The van der Waals surface area contributed by atoms with Crippen LogP contribution in [-0.2, 0) is 19.8 Å². The number of fused-ring (bicyclic) bond motifs is 1. The Balaban J connectivity index is 0.745. The van der Waals surface area contributed by atoms with Crippen molar-refractivity contribution in [3.63, 3.8) is 0 Å². The largest absolute Gasteiger partial charge is 0.455 e. The SMILES string of the molecule is CCN1CCS(=O)(=NC2CCC(CNc3ncc(S(=O)(=O)NC(=O)c4ccc(N5CCC6(CC5)CC(N5CCC[C@@H]5c5ccccc5C5CC5)C6)cc4Oc4cnc5[nH]ccc5c4)cc3[N+](=O)[O-])CC2)CC1. The van der Waals surface area contributed by atoms with Crippen LogP contribution in [0.15, 0.2) is 88.5 Å². The first-order valence-corrected chi connectivity index (χ1v) is 29.4. The number of aromatic amines is 1. The highest BCUT2D eigenvalue weighted by molar-refractivity contribution is 7.93. The van der Waals surface area contributed by atoms with Crippen LogP contribution in [0.3, 0.4) is 0 Å². The Hall–Kier alpha value is -5.63. The molecule has 3 aliphatic heterocycles. The number of hydrogen-bond donors (Lipinski definition) is 3. The fourth-order valence-electron chi connectivity index (χ4n) is 12.3. The number of nitro groups is 1. The van der Waals surface area contributed by atoms with Crippen molar-refractivity contribution in [2.45, 2.75) is 113 Å². The lowest BCUT2D eigenvalue weighted by Gasteiger charge is -2.56. The number of pyridine rings is 2. The third-order valence-corrected chi connectivity index (χ3v) is 20.3. The first-order chi connectivity index (χ1) is 34.8. The third-order valence-electron chi connectivity index (χ3n) is 16.7. The number of likely N-dealkylation sites (tertiary alicyclic amines) is 1. The van der Waals surface area contributed by atoms with Crippen molar-refractivity contribution in [3.05, 3.63) is 106 Å². The number of ether oxygens (including phenoxy) is 1. The number of sulfonamides is 1. The molecule has 1 atom stereocenters. The van der Waals surface area contributed by atoms with Crippen LogP contribution >= 0.6 is 0 Å². The maximum absolute atomic E-state index is 14.1. The number of rotatable bonds is 15. The van der Waals surface area contributed by atoms with E-state index in [9.17, 15) is 27.5 Å². The molecule has 17 nitrogen and oxygen atoms in total. The van der Waals surface area contributed by atoms with E-state index in [1.807, 2.05) is 12.1 Å². The van der Waals surface area contributed by atoms with Gasteiger partial charge in [0.2, 0.25) is 5.82 Å². The van der Waals surface area contributed by atoms with E-state index < -0.39 is 41.2 Å². The van der Waals surface area contributed by atoms with Gasteiger partial charge in [0, 0.05) is 95.4 Å². The summed E-state index contributed by atoms with van der Waals surface area (Å²) < 4.78 is 54.4. The second-order valence-corrected chi connectivity index (χ2v) is 25.5. The number of nitrogens with zero attached hydrogens (tertiary/aromatic N) is 7. The van der Waals surface area contributed by atoms with Crippen LogP contribution in [0.25, 0.3) is 11.0 Å². The molecule has 6 aliphatic rings. The maximum atomic E-state index is 14.1. The average molecular weight is 1020 g/mol. The molecule has 3 saturated heterocycles. The van der Waals surface area contributed by atoms with Crippen molar-refractivity contribution in [3.8, 4) is 11.5 Å². The molecule has 2 aromatic carbocycles. The van der Waals surface area contributed by atoms with E-state index in [2.05, 4.69) is 70.9 Å². The molecular formula is C53H66N10O7S2. The Kier molecular flexibility index (Phi) is 13.5. The topological polar surface area (TPSA) is 208 Å². The zero-order valence-electron chi connectivity index (χ0n) is 41.0. The van der Waals surface area contributed by atoms with Crippen LogP contribution < -0.4 is 19.7 Å². The number of benzene rings is 2. The van der Waals surface area contributed by atoms with Crippen molar-refractivity contribution in [2.24, 2.45) is 15.7 Å². The lowest BCUT2D eigenvalue weighted by Crippen LogP contribution is -2.54. The van der Waals surface area contributed by atoms with Gasteiger partial charge in [-0.15, -0.1) is 0 Å². The normalized spacial score (nSPS) is 23.7. The van der Waals surface area contributed by atoms with E-state index in [1.165, 1.54) is 45.1 Å². The summed E-state index contributed by atoms with van der Waals surface area (Å²) in [5.41, 5.74) is 4.39. The van der Waals surface area contributed by atoms with Crippen molar-refractivity contribution in [1.29, 1.82) is 0 Å². The van der Waals surface area contributed by atoms with E-state index in [0.29, 0.717) is 46.9 Å². The molecule has 72 heavy (non-hydrogen) atoms. The van der Waals surface area contributed by atoms with Crippen LogP contribution in [0.5, 0.6) is 11.5 Å². The van der Waals surface area contributed by atoms with Gasteiger partial charge >= 0.3 is 5.69 Å². The van der Waals surface area contributed by atoms with Gasteiger partial charge in [-0.1, -0.05) is 31.2 Å². The van der Waals surface area contributed by atoms with Gasteiger partial charge < -0.3 is 24.8 Å². The minimum Gasteiger partial charge on any atom is -0.455 e. The fourth-order valence-corrected chi connectivity index (χ4v) is 15.5. The third kappa shape index (κ3) is 10.3. The predicted molar refractivity (Wildman–Crippen MR) is 279 cm³/mol. The van der Waals surface area contributed by atoms with E-state index >= 15 is 0 Å². The Morgan fingerprint density at radius 2 is 1.69 bits per heavy atom. The molecule has 1 spiro atoms. The Labute approximate surface area is 422 Å². The van der Waals surface area contributed by atoms with Gasteiger partial charge in [0.05, 0.1) is 28.9 Å². The average Bonchev–Trinajstić information content (AvgIpc) is 3.92. The summed E-state index contributed by atoms with van der Waals surface area (Å²) in [6.07, 6.45) is 17.2. The predicted octanol–water partition coefficient (Wildman–Crippen LogP) is 9.01. The molecule has 3 aliphatic carbocycles. The Morgan fingerprint density at radius 3 is 2.43 bits per heavy atom. The van der Waals surface area contributed by atoms with E-state index in [-0.39, 0.29) is 29.1 Å². The summed E-state index contributed by atoms with van der Waals surface area (Å²) in [6, 6.07) is 20.1. The fraction of sp³-hybridized carbons (Fsp3) is 0.528. The van der Waals surface area contributed by atoms with Crippen LogP contribution in [-0.4, -0.2) is 118 Å². The number of nitrogens with one attached hydrogen (secondary N) is 3. The number of aromatic nitrogens is 3. The Morgan fingerprint density at radius 1 is 0.931 bits per heavy atom. The summed E-state index contributed by atoms with van der Waals surface area (Å²) >= 11 is 0. The highest BCUT2D eigenvalue weighted by Crippen LogP contribution is 2.55. The summed E-state index contributed by atoms with van der Waals surface area (Å²) in [4.78, 5) is 44.3. The molecule has 382 valence electrons. The second kappa shape index (κ2) is 20.0. The first kappa shape index (κ1) is 48.6. The number of anilines is 2. The molecule has 6 fully saturated rings. The molecule has 0 radical (unpaired) electrons. The van der Waals surface area contributed by atoms with E-state index in [1.54, 1.807) is 41.7 Å².